The van der Waals surface area contributed by atoms with Crippen LogP contribution < -0.4 is 10.9 Å². The third kappa shape index (κ3) is 4.15. The number of H-pyrrole nitrogens is 1. The van der Waals surface area contributed by atoms with Gasteiger partial charge in [-0.25, -0.2) is 4.98 Å². The van der Waals surface area contributed by atoms with E-state index in [0.717, 1.165) is 16.6 Å². The van der Waals surface area contributed by atoms with Crippen molar-refractivity contribution in [2.75, 3.05) is 11.1 Å². The molecule has 0 bridgehead atoms. The van der Waals surface area contributed by atoms with E-state index < -0.39 is 0 Å². The van der Waals surface area contributed by atoms with Crippen LogP contribution in [0.2, 0.25) is 0 Å². The smallest absolute Gasteiger partial charge is 0.260 e. The van der Waals surface area contributed by atoms with Crippen molar-refractivity contribution in [3.8, 4) is 0 Å². The number of nitrogens with zero attached hydrogens (tertiary/aromatic N) is 1. The number of carbonyl (C=O) groups is 2. The molecule has 1 aromatic carbocycles. The van der Waals surface area contributed by atoms with Gasteiger partial charge >= 0.3 is 0 Å². The molecule has 2 heterocycles. The Morgan fingerprint density at radius 3 is 2.88 bits per heavy atom. The van der Waals surface area contributed by atoms with Crippen molar-refractivity contribution in [1.29, 1.82) is 0 Å². The number of thioether (sulfide) groups is 1. The maximum absolute atomic E-state index is 12.1. The minimum absolute atomic E-state index is 0.0632. The van der Waals surface area contributed by atoms with Gasteiger partial charge in [0.15, 0.2) is 10.9 Å². The molecular weight excluding hydrogens is 358 g/mol. The molecule has 25 heavy (non-hydrogen) atoms. The Kier molecular flexibility index (Phi) is 5.00. The third-order valence-electron chi connectivity index (χ3n) is 3.40. The van der Waals surface area contributed by atoms with Crippen LogP contribution in [0, 0.1) is 6.92 Å². The zero-order valence-electron chi connectivity index (χ0n) is 13.6. The number of aryl methyl sites for hydroxylation is 1. The normalized spacial score (nSPS) is 10.8. The second-order valence-corrected chi connectivity index (χ2v) is 7.62. The van der Waals surface area contributed by atoms with E-state index in [1.165, 1.54) is 18.3 Å². The van der Waals surface area contributed by atoms with Crippen LogP contribution >= 0.6 is 23.1 Å². The number of aromatic nitrogens is 2. The average molecular weight is 373 g/mol. The fourth-order valence-corrected chi connectivity index (χ4v) is 3.85. The van der Waals surface area contributed by atoms with E-state index in [0.29, 0.717) is 26.6 Å². The maximum atomic E-state index is 12.1. The van der Waals surface area contributed by atoms with Crippen molar-refractivity contribution in [3.63, 3.8) is 0 Å². The molecule has 1 amide bonds. The number of carbonyl (C=O) groups excluding carboxylic acids is 2. The molecular formula is C17H15N3O3S2. The summed E-state index contributed by atoms with van der Waals surface area (Å²) in [5.41, 5.74) is 0.894. The van der Waals surface area contributed by atoms with E-state index in [-0.39, 0.29) is 23.0 Å². The number of rotatable bonds is 5. The number of thiophene rings is 1. The summed E-state index contributed by atoms with van der Waals surface area (Å²) < 4.78 is 0. The molecule has 0 unspecified atom stereocenters. The molecule has 0 saturated carbocycles. The van der Waals surface area contributed by atoms with E-state index in [9.17, 15) is 14.4 Å². The van der Waals surface area contributed by atoms with Gasteiger partial charge in [0.1, 0.15) is 4.83 Å². The number of Topliss-reactive ketones (excluding diaryl/α,β-unsaturated/α-hetero) is 1. The molecule has 128 valence electrons. The van der Waals surface area contributed by atoms with Crippen LogP contribution in [-0.2, 0) is 4.79 Å². The van der Waals surface area contributed by atoms with Gasteiger partial charge in [-0.15, -0.1) is 11.3 Å². The molecule has 6 nitrogen and oxygen atoms in total. The second kappa shape index (κ2) is 7.20. The van der Waals surface area contributed by atoms with Crippen molar-refractivity contribution < 1.29 is 9.59 Å². The lowest BCUT2D eigenvalue weighted by atomic mass is 10.1. The molecule has 2 N–H and O–H groups in total. The summed E-state index contributed by atoms with van der Waals surface area (Å²) in [4.78, 5) is 44.2. The average Bonchev–Trinajstić information content (AvgIpc) is 2.94. The lowest BCUT2D eigenvalue weighted by Crippen LogP contribution is -2.15. The van der Waals surface area contributed by atoms with Crippen molar-refractivity contribution in [2.45, 2.75) is 19.0 Å². The molecule has 0 aliphatic heterocycles. The van der Waals surface area contributed by atoms with Crippen LogP contribution in [0.4, 0.5) is 5.69 Å². The van der Waals surface area contributed by atoms with E-state index in [1.54, 1.807) is 30.3 Å². The Labute approximate surface area is 151 Å². The van der Waals surface area contributed by atoms with Gasteiger partial charge in [0.2, 0.25) is 5.91 Å². The SMILES string of the molecule is CC(=O)c1cccc(NC(=O)CSc2nc3sc(C)cc3c(=O)[nH]2)c1. The Balaban J connectivity index is 1.67. The Morgan fingerprint density at radius 1 is 1.32 bits per heavy atom. The first-order valence-corrected chi connectivity index (χ1v) is 9.26. The minimum atomic E-state index is -0.240. The van der Waals surface area contributed by atoms with Gasteiger partial charge in [-0.1, -0.05) is 23.9 Å². The quantitative estimate of drug-likeness (QED) is 0.407. The number of hydrogen-bond donors (Lipinski definition) is 2. The summed E-state index contributed by atoms with van der Waals surface area (Å²) >= 11 is 2.60. The van der Waals surface area contributed by atoms with E-state index >= 15 is 0 Å². The molecule has 2 aromatic heterocycles. The highest BCUT2D eigenvalue weighted by Crippen LogP contribution is 2.22. The molecule has 0 radical (unpaired) electrons. The lowest BCUT2D eigenvalue weighted by Gasteiger charge is -2.06. The van der Waals surface area contributed by atoms with Crippen LogP contribution in [-0.4, -0.2) is 27.4 Å². The monoisotopic (exact) mass is 373 g/mol. The highest BCUT2D eigenvalue weighted by atomic mass is 32.2. The van der Waals surface area contributed by atoms with Crippen molar-refractivity contribution in [1.82, 2.24) is 9.97 Å². The van der Waals surface area contributed by atoms with E-state index in [1.807, 2.05) is 6.92 Å². The summed E-state index contributed by atoms with van der Waals surface area (Å²) in [6.45, 7) is 3.39. The first kappa shape index (κ1) is 17.4. The number of amides is 1. The van der Waals surface area contributed by atoms with Crippen LogP contribution in [0.1, 0.15) is 22.2 Å². The Morgan fingerprint density at radius 2 is 2.12 bits per heavy atom. The van der Waals surface area contributed by atoms with Gasteiger partial charge in [-0.3, -0.25) is 14.4 Å². The number of aromatic amines is 1. The standard InChI is InChI=1S/C17H15N3O3S2/c1-9-6-13-15(23)19-17(20-16(13)25-9)24-8-14(22)18-12-5-3-4-11(7-12)10(2)21/h3-7H,8H2,1-2H3,(H,18,22)(H,19,20,23). The van der Waals surface area contributed by atoms with Crippen molar-refractivity contribution in [2.24, 2.45) is 0 Å². The Bertz CT molecular complexity index is 1020. The molecule has 3 rings (SSSR count). The fourth-order valence-electron chi connectivity index (χ4n) is 2.25. The van der Waals surface area contributed by atoms with E-state index in [2.05, 4.69) is 15.3 Å². The number of hydrogen-bond acceptors (Lipinski definition) is 6. The van der Waals surface area contributed by atoms with Gasteiger partial charge in [0, 0.05) is 16.1 Å². The highest BCUT2D eigenvalue weighted by Gasteiger charge is 2.10. The first-order valence-electron chi connectivity index (χ1n) is 7.46. The number of fused-ring (bicyclic) bond motifs is 1. The second-order valence-electron chi connectivity index (χ2n) is 5.42. The molecule has 3 aromatic rings. The predicted octanol–water partition coefficient (Wildman–Crippen LogP) is 3.23. The topological polar surface area (TPSA) is 91.9 Å². The molecule has 0 aliphatic carbocycles. The van der Waals surface area contributed by atoms with Gasteiger partial charge < -0.3 is 10.3 Å². The highest BCUT2D eigenvalue weighted by molar-refractivity contribution is 7.99. The molecule has 0 aliphatic rings. The summed E-state index contributed by atoms with van der Waals surface area (Å²) in [5, 5.41) is 3.71. The van der Waals surface area contributed by atoms with E-state index in [4.69, 9.17) is 0 Å². The van der Waals surface area contributed by atoms with Gasteiger partial charge in [-0.2, -0.15) is 0 Å². The van der Waals surface area contributed by atoms with Gasteiger partial charge in [0.25, 0.3) is 5.56 Å². The summed E-state index contributed by atoms with van der Waals surface area (Å²) in [6, 6.07) is 8.56. The zero-order chi connectivity index (χ0) is 18.0. The van der Waals surface area contributed by atoms with Gasteiger partial charge in [-0.05, 0) is 32.0 Å². The maximum Gasteiger partial charge on any atom is 0.260 e. The molecule has 0 fully saturated rings. The lowest BCUT2D eigenvalue weighted by molar-refractivity contribution is -0.113. The number of ketones is 1. The largest absolute Gasteiger partial charge is 0.325 e. The number of nitrogens with one attached hydrogen (secondary N) is 2. The van der Waals surface area contributed by atoms with Gasteiger partial charge in [0.05, 0.1) is 11.1 Å². The Hall–Kier alpha value is -2.45. The van der Waals surface area contributed by atoms with Crippen LogP contribution in [0.3, 0.4) is 0 Å². The zero-order valence-corrected chi connectivity index (χ0v) is 15.2. The van der Waals surface area contributed by atoms with Crippen LogP contribution in [0.5, 0.6) is 0 Å². The minimum Gasteiger partial charge on any atom is -0.325 e. The summed E-state index contributed by atoms with van der Waals surface area (Å²) in [6.07, 6.45) is 0. The predicted molar refractivity (Wildman–Crippen MR) is 101 cm³/mol. The molecule has 0 spiro atoms. The van der Waals surface area contributed by atoms with Crippen LogP contribution in [0.15, 0.2) is 40.3 Å². The molecule has 0 saturated heterocycles. The summed E-state index contributed by atoms with van der Waals surface area (Å²) in [5.74, 6) is -0.203. The van der Waals surface area contributed by atoms with Crippen LogP contribution in [0.25, 0.3) is 10.2 Å². The summed E-state index contributed by atoms with van der Waals surface area (Å²) in [7, 11) is 0. The first-order chi connectivity index (χ1) is 11.9. The third-order valence-corrected chi connectivity index (χ3v) is 5.21. The van der Waals surface area contributed by atoms with Crippen molar-refractivity contribution in [3.05, 3.63) is 51.1 Å². The van der Waals surface area contributed by atoms with Crippen molar-refractivity contribution >= 4 is 50.7 Å². The number of anilines is 1. The fraction of sp³-hybridized carbons (Fsp3) is 0.176. The number of benzene rings is 1. The molecule has 0 atom stereocenters. The molecule has 8 heteroatoms.